The first-order chi connectivity index (χ1) is 37.0. The molecule has 3 rings (SSSR count). The summed E-state index contributed by atoms with van der Waals surface area (Å²) >= 11 is 0. The number of carbonyl (C=O) groups is 9. The molecule has 0 spiro atoms. The van der Waals surface area contributed by atoms with Gasteiger partial charge in [-0.2, -0.15) is 0 Å². The lowest BCUT2D eigenvalue weighted by Gasteiger charge is -2.39. The van der Waals surface area contributed by atoms with Gasteiger partial charge in [-0.3, -0.25) is 52.9 Å². The number of likely N-dealkylation sites (tertiary alicyclic amines) is 2. The number of aliphatic carboxylic acids is 1. The molecule has 0 radical (unpaired) electrons. The number of benzene rings is 1. The van der Waals surface area contributed by atoms with E-state index in [1.165, 1.54) is 14.2 Å². The Morgan fingerprint density at radius 3 is 1.95 bits per heavy atom. The number of rotatable bonds is 34. The number of hydrogen-bond donors (Lipinski definition) is 6. The number of methoxy groups -OCH3 is 2. The highest BCUT2D eigenvalue weighted by Gasteiger charge is 2.42. The summed E-state index contributed by atoms with van der Waals surface area (Å²) in [7, 11) is 8.29. The maximum absolute atomic E-state index is 14.1. The van der Waals surface area contributed by atoms with Crippen molar-refractivity contribution in [2.24, 2.45) is 23.7 Å². The van der Waals surface area contributed by atoms with Crippen LogP contribution in [-0.4, -0.2) is 209 Å². The van der Waals surface area contributed by atoms with Crippen LogP contribution in [0.3, 0.4) is 0 Å². The second-order valence-corrected chi connectivity index (χ2v) is 20.7. The molecule has 1 aromatic carbocycles. The number of anilines is 1. The van der Waals surface area contributed by atoms with E-state index < -0.39 is 78.4 Å². The highest BCUT2D eigenvalue weighted by molar-refractivity contribution is 5.97. The first-order valence-electron chi connectivity index (χ1n) is 27.1. The summed E-state index contributed by atoms with van der Waals surface area (Å²) in [6.45, 7) is 12.5. The van der Waals surface area contributed by atoms with Gasteiger partial charge < -0.3 is 60.0 Å². The molecule has 24 nitrogen and oxygen atoms in total. The van der Waals surface area contributed by atoms with E-state index in [1.807, 2.05) is 46.7 Å². The summed E-state index contributed by atoms with van der Waals surface area (Å²) in [5, 5.41) is 19.9. The lowest BCUT2D eigenvalue weighted by molar-refractivity contribution is -0.146. The van der Waals surface area contributed by atoms with Gasteiger partial charge in [0, 0.05) is 53.0 Å². The van der Waals surface area contributed by atoms with Crippen molar-refractivity contribution in [1.29, 1.82) is 0 Å². The van der Waals surface area contributed by atoms with Crippen molar-refractivity contribution in [2.75, 3.05) is 99.8 Å². The summed E-state index contributed by atoms with van der Waals surface area (Å²) in [6.07, 6.45) is 1.66. The Kier molecular flexibility index (Phi) is 29.2. The number of carbonyl (C=O) groups excluding carboxylic acids is 8. The molecule has 440 valence electrons. The lowest BCUT2D eigenvalue weighted by atomic mass is 9.90. The van der Waals surface area contributed by atoms with Crippen LogP contribution in [-0.2, 0) is 73.5 Å². The third kappa shape index (κ3) is 21.5. The van der Waals surface area contributed by atoms with Crippen LogP contribution >= 0.6 is 0 Å². The molecular weight excluding hydrogens is 1010 g/mol. The largest absolute Gasteiger partial charge is 0.481 e. The Labute approximate surface area is 459 Å². The molecule has 24 heteroatoms. The topological polar surface area (TPSA) is 293 Å². The van der Waals surface area contributed by atoms with E-state index in [9.17, 15) is 43.2 Å². The number of nitrogens with zero attached hydrogens (tertiary/aromatic N) is 4. The van der Waals surface area contributed by atoms with Crippen LogP contribution in [0.1, 0.15) is 98.5 Å². The molecule has 2 aliphatic heterocycles. The van der Waals surface area contributed by atoms with Gasteiger partial charge in [0.1, 0.15) is 6.04 Å². The van der Waals surface area contributed by atoms with Crippen LogP contribution in [0, 0.1) is 23.7 Å². The van der Waals surface area contributed by atoms with Gasteiger partial charge in [-0.1, -0.05) is 53.2 Å². The van der Waals surface area contributed by atoms with Crippen LogP contribution in [0.15, 0.2) is 24.3 Å². The number of likely N-dealkylation sites (N-methyl/N-ethyl adjacent to an activating group) is 2. The second-order valence-electron chi connectivity index (χ2n) is 20.7. The van der Waals surface area contributed by atoms with E-state index in [-0.39, 0.29) is 100 Å². The Morgan fingerprint density at radius 2 is 1.37 bits per heavy atom. The molecule has 0 aromatic heterocycles. The first-order valence-corrected chi connectivity index (χ1v) is 27.1. The van der Waals surface area contributed by atoms with Gasteiger partial charge in [-0.15, -0.1) is 0 Å². The van der Waals surface area contributed by atoms with E-state index in [0.717, 1.165) is 0 Å². The molecular formula is C54H89N9O15. The Hall–Kier alpha value is -5.79. The zero-order chi connectivity index (χ0) is 58.1. The molecule has 2 fully saturated rings. The number of amides is 8. The van der Waals surface area contributed by atoms with Crippen molar-refractivity contribution in [3.63, 3.8) is 0 Å². The van der Waals surface area contributed by atoms with E-state index in [1.54, 1.807) is 59.9 Å². The minimum Gasteiger partial charge on any atom is -0.481 e. The molecule has 78 heavy (non-hydrogen) atoms. The third-order valence-electron chi connectivity index (χ3n) is 14.5. The molecule has 1 aromatic rings. The van der Waals surface area contributed by atoms with E-state index in [4.69, 9.17) is 28.9 Å². The molecule has 2 aliphatic rings. The van der Waals surface area contributed by atoms with E-state index >= 15 is 0 Å². The maximum Gasteiger partial charge on any atom is 0.306 e. The fourth-order valence-electron chi connectivity index (χ4n) is 9.91. The van der Waals surface area contributed by atoms with Gasteiger partial charge in [0.2, 0.25) is 41.4 Å². The summed E-state index contributed by atoms with van der Waals surface area (Å²) in [6, 6.07) is 4.45. The Morgan fingerprint density at radius 1 is 0.744 bits per heavy atom. The van der Waals surface area contributed by atoms with Gasteiger partial charge in [-0.25, -0.2) is 5.48 Å². The number of nitrogens with one attached hydrogen (secondary N) is 5. The standard InChI is InChI=1S/C54H89N9O15/c1-12-35(4)49(61(9)47(68)32-56-53(71)48(34(2)3)60(7)8)42(74-10)30-46(67)63-23-13-14-41(63)50(75-11)36(5)51(69)55-31-44(65)59-78-33-38-15-17-40(18-16-38)58-52(70)37(6)57-43(64)21-26-76-28-29-77-27-22-45(66)62-24-19-39(20-25-62)54(72)73/h15-18,34-37,39,41-42,48-50H,12-14,19-33H2,1-11H3,(H,55,69)(H,56,71)(H,57,64)(H,58,70)(H,59,65)(H,72,73)/t35-,36?,37+,41?,42?,48?,49?,50?/m0/s1. The maximum atomic E-state index is 14.1. The molecule has 8 atom stereocenters. The highest BCUT2D eigenvalue weighted by atomic mass is 16.7. The fourth-order valence-corrected chi connectivity index (χ4v) is 9.91. The zero-order valence-electron chi connectivity index (χ0n) is 47.8. The summed E-state index contributed by atoms with van der Waals surface area (Å²) in [4.78, 5) is 128. The molecule has 8 amide bonds. The van der Waals surface area contributed by atoms with Crippen LogP contribution < -0.4 is 26.7 Å². The summed E-state index contributed by atoms with van der Waals surface area (Å²) < 4.78 is 22.7. The van der Waals surface area contributed by atoms with Crippen LogP contribution in [0.25, 0.3) is 0 Å². The van der Waals surface area contributed by atoms with E-state index in [2.05, 4.69) is 26.7 Å². The summed E-state index contributed by atoms with van der Waals surface area (Å²) in [5.41, 5.74) is 3.43. The fraction of sp³-hybridized carbons (Fsp3) is 0.722. The number of carboxylic acid groups (broad SMARTS) is 1. The predicted octanol–water partition coefficient (Wildman–Crippen LogP) is 1.55. The van der Waals surface area contributed by atoms with Gasteiger partial charge in [-0.05, 0) is 76.2 Å². The smallest absolute Gasteiger partial charge is 0.306 e. The Balaban J connectivity index is 1.37. The third-order valence-corrected chi connectivity index (χ3v) is 14.5. The molecule has 6 N–H and O–H groups in total. The monoisotopic (exact) mass is 1100 g/mol. The van der Waals surface area contributed by atoms with Crippen LogP contribution in [0.2, 0.25) is 0 Å². The lowest BCUT2D eigenvalue weighted by Crippen LogP contribution is -2.55. The van der Waals surface area contributed by atoms with Crippen molar-refractivity contribution in [2.45, 2.75) is 136 Å². The number of piperidine rings is 1. The first kappa shape index (κ1) is 66.5. The van der Waals surface area contributed by atoms with E-state index in [0.29, 0.717) is 63.0 Å². The number of carboxylic acids is 1. The molecule has 0 bridgehead atoms. The minimum absolute atomic E-state index is 0.0153. The molecule has 2 saturated heterocycles. The van der Waals surface area contributed by atoms with Crippen molar-refractivity contribution in [1.82, 2.24) is 41.0 Å². The quantitative estimate of drug-likeness (QED) is 0.0422. The second kappa shape index (κ2) is 34.3. The predicted molar refractivity (Wildman–Crippen MR) is 288 cm³/mol. The zero-order valence-corrected chi connectivity index (χ0v) is 47.8. The van der Waals surface area contributed by atoms with Gasteiger partial charge in [0.15, 0.2) is 0 Å². The van der Waals surface area contributed by atoms with Gasteiger partial charge in [0.25, 0.3) is 5.91 Å². The minimum atomic E-state index is -0.849. The number of ether oxygens (including phenoxy) is 4. The molecule has 2 heterocycles. The SMILES string of the molecule is CC[C@H](C)C(C(CC(=O)N1CCCC1C(OC)C(C)C(=O)NCC(=O)NOCc1ccc(NC(=O)[C@@H](C)NC(=O)CCOCCOCCC(=O)N2CCC(C(=O)O)CC2)cc1)OC)N(C)C(=O)CNC(=O)C(C(C)C)N(C)C. The molecule has 0 saturated carbocycles. The van der Waals surface area contributed by atoms with Gasteiger partial charge >= 0.3 is 5.97 Å². The average Bonchev–Trinajstić information content (AvgIpc) is 3.92. The van der Waals surface area contributed by atoms with Crippen molar-refractivity contribution in [3.8, 4) is 0 Å². The van der Waals surface area contributed by atoms with Crippen molar-refractivity contribution < 1.29 is 72.0 Å². The Bertz CT molecular complexity index is 2100. The van der Waals surface area contributed by atoms with Gasteiger partial charge in [0.05, 0.1) is 101 Å². The number of hydrogen-bond acceptors (Lipinski definition) is 15. The average molecular weight is 1100 g/mol. The molecule has 6 unspecified atom stereocenters. The molecule has 0 aliphatic carbocycles. The van der Waals surface area contributed by atoms with Crippen LogP contribution in [0.5, 0.6) is 0 Å². The summed E-state index contributed by atoms with van der Waals surface area (Å²) in [5.74, 6) is -4.77. The van der Waals surface area contributed by atoms with Crippen LogP contribution in [0.4, 0.5) is 5.69 Å². The number of hydroxylamine groups is 1. The highest BCUT2D eigenvalue weighted by Crippen LogP contribution is 2.29. The van der Waals surface area contributed by atoms with Crippen molar-refractivity contribution in [3.05, 3.63) is 29.8 Å². The normalized spacial score (nSPS) is 17.5. The van der Waals surface area contributed by atoms with Crippen molar-refractivity contribution >= 4 is 58.9 Å².